The van der Waals surface area contributed by atoms with Crippen LogP contribution in [0.3, 0.4) is 0 Å². The topological polar surface area (TPSA) is 37.4 Å². The second kappa shape index (κ2) is 5.45. The summed E-state index contributed by atoms with van der Waals surface area (Å²) in [7, 11) is -3.11. The van der Waals surface area contributed by atoms with Crippen LogP contribution < -0.4 is 0 Å². The Morgan fingerprint density at radius 1 is 1.18 bits per heavy atom. The van der Waals surface area contributed by atoms with E-state index >= 15 is 0 Å². The normalized spacial score (nSPS) is 33.1. The van der Waals surface area contributed by atoms with Crippen LogP contribution in [0.2, 0.25) is 0 Å². The van der Waals surface area contributed by atoms with Crippen molar-refractivity contribution in [2.75, 3.05) is 12.4 Å². The fourth-order valence-electron chi connectivity index (χ4n) is 3.07. The predicted molar refractivity (Wildman–Crippen MR) is 70.8 cm³/mol. The number of halogens is 1. The molecular formula is C12H22ClNO2S. The zero-order valence-electron chi connectivity index (χ0n) is 10.4. The summed E-state index contributed by atoms with van der Waals surface area (Å²) in [5.41, 5.74) is 0. The van der Waals surface area contributed by atoms with Gasteiger partial charge in [-0.25, -0.2) is 8.42 Å². The molecule has 2 aliphatic rings. The third kappa shape index (κ3) is 2.64. The van der Waals surface area contributed by atoms with Crippen LogP contribution in [-0.2, 0) is 10.0 Å². The van der Waals surface area contributed by atoms with E-state index in [0.29, 0.717) is 18.3 Å². The zero-order chi connectivity index (χ0) is 12.5. The van der Waals surface area contributed by atoms with Crippen LogP contribution in [-0.4, -0.2) is 36.4 Å². The average molecular weight is 280 g/mol. The molecule has 1 saturated carbocycles. The molecule has 1 aliphatic carbocycles. The number of sulfonamides is 1. The van der Waals surface area contributed by atoms with Crippen molar-refractivity contribution in [3.63, 3.8) is 0 Å². The minimum Gasteiger partial charge on any atom is -0.212 e. The number of hydrogen-bond donors (Lipinski definition) is 0. The van der Waals surface area contributed by atoms with Gasteiger partial charge in [0.05, 0.1) is 5.25 Å². The highest BCUT2D eigenvalue weighted by Crippen LogP contribution is 2.33. The molecular weight excluding hydrogens is 258 g/mol. The number of nitrogens with zero attached hydrogens (tertiary/aromatic N) is 1. The van der Waals surface area contributed by atoms with Crippen LogP contribution >= 0.6 is 11.6 Å². The summed E-state index contributed by atoms with van der Waals surface area (Å²) in [5, 5.41) is -0.146. The van der Waals surface area contributed by atoms with E-state index in [1.165, 1.54) is 6.42 Å². The Labute approximate surface area is 110 Å². The standard InChI is InChI=1S/C12H22ClNO2S/c1-10-7-8-14(12(10)9-13)17(15,16)11-5-3-2-4-6-11/h10-12H,2-9H2,1H3. The van der Waals surface area contributed by atoms with E-state index < -0.39 is 10.0 Å². The Morgan fingerprint density at radius 3 is 2.41 bits per heavy atom. The Hall–Kier alpha value is 0.200. The molecule has 0 N–H and O–H groups in total. The molecule has 0 aromatic heterocycles. The lowest BCUT2D eigenvalue weighted by Crippen LogP contribution is -2.44. The maximum absolute atomic E-state index is 12.6. The lowest BCUT2D eigenvalue weighted by Gasteiger charge is -2.30. The van der Waals surface area contributed by atoms with Gasteiger partial charge in [0.1, 0.15) is 0 Å². The van der Waals surface area contributed by atoms with E-state index in [1.807, 2.05) is 0 Å². The van der Waals surface area contributed by atoms with Crippen molar-refractivity contribution in [1.82, 2.24) is 4.31 Å². The van der Waals surface area contributed by atoms with Gasteiger partial charge in [0.25, 0.3) is 0 Å². The molecule has 0 amide bonds. The summed E-state index contributed by atoms with van der Waals surface area (Å²) in [5.74, 6) is 0.818. The van der Waals surface area contributed by atoms with E-state index in [-0.39, 0.29) is 11.3 Å². The van der Waals surface area contributed by atoms with Gasteiger partial charge in [-0.05, 0) is 25.2 Å². The third-order valence-electron chi connectivity index (χ3n) is 4.29. The van der Waals surface area contributed by atoms with Gasteiger partial charge >= 0.3 is 0 Å². The Morgan fingerprint density at radius 2 is 1.82 bits per heavy atom. The highest BCUT2D eigenvalue weighted by Gasteiger charge is 2.42. The Balaban J connectivity index is 2.14. The quantitative estimate of drug-likeness (QED) is 0.745. The number of hydrogen-bond acceptors (Lipinski definition) is 2. The number of alkyl halides is 1. The van der Waals surface area contributed by atoms with Crippen molar-refractivity contribution in [3.05, 3.63) is 0 Å². The highest BCUT2D eigenvalue weighted by molar-refractivity contribution is 7.89. The van der Waals surface area contributed by atoms with Gasteiger partial charge in [-0.3, -0.25) is 0 Å². The predicted octanol–water partition coefficient (Wildman–Crippen LogP) is 2.60. The smallest absolute Gasteiger partial charge is 0.212 e. The van der Waals surface area contributed by atoms with Crippen molar-refractivity contribution in [3.8, 4) is 0 Å². The zero-order valence-corrected chi connectivity index (χ0v) is 12.0. The van der Waals surface area contributed by atoms with Gasteiger partial charge in [0, 0.05) is 18.5 Å². The minimum absolute atomic E-state index is 0.0172. The van der Waals surface area contributed by atoms with Crippen LogP contribution in [0.15, 0.2) is 0 Å². The summed E-state index contributed by atoms with van der Waals surface area (Å²) in [6, 6.07) is 0.0172. The first-order valence-electron chi connectivity index (χ1n) is 6.64. The lowest BCUT2D eigenvalue weighted by molar-refractivity contribution is 0.359. The Bertz CT molecular complexity index is 352. The average Bonchev–Trinajstić information content (AvgIpc) is 2.72. The van der Waals surface area contributed by atoms with Crippen molar-refractivity contribution < 1.29 is 8.42 Å². The molecule has 0 aromatic rings. The van der Waals surface area contributed by atoms with Gasteiger partial charge in [-0.15, -0.1) is 11.6 Å². The van der Waals surface area contributed by atoms with E-state index in [1.54, 1.807) is 4.31 Å². The molecule has 17 heavy (non-hydrogen) atoms. The third-order valence-corrected chi connectivity index (χ3v) is 7.03. The molecule has 0 spiro atoms. The van der Waals surface area contributed by atoms with Gasteiger partial charge in [0.15, 0.2) is 0 Å². The molecule has 0 aromatic carbocycles. The Kier molecular flexibility index (Phi) is 4.37. The van der Waals surface area contributed by atoms with Crippen LogP contribution in [0.25, 0.3) is 0 Å². The van der Waals surface area contributed by atoms with Crippen LogP contribution in [0.1, 0.15) is 45.4 Å². The van der Waals surface area contributed by atoms with Crippen LogP contribution in [0.4, 0.5) is 0 Å². The summed E-state index contributed by atoms with van der Waals surface area (Å²) in [4.78, 5) is 0. The first kappa shape index (κ1) is 13.6. The molecule has 0 bridgehead atoms. The molecule has 3 nitrogen and oxygen atoms in total. The van der Waals surface area contributed by atoms with E-state index in [4.69, 9.17) is 11.6 Å². The lowest BCUT2D eigenvalue weighted by atomic mass is 10.0. The van der Waals surface area contributed by atoms with E-state index in [2.05, 4.69) is 6.92 Å². The summed E-state index contributed by atoms with van der Waals surface area (Å²) >= 11 is 5.94. The second-order valence-electron chi connectivity index (χ2n) is 5.40. The van der Waals surface area contributed by atoms with Gasteiger partial charge in [0.2, 0.25) is 10.0 Å². The van der Waals surface area contributed by atoms with Crippen molar-refractivity contribution in [1.29, 1.82) is 0 Å². The SMILES string of the molecule is CC1CCN(S(=O)(=O)C2CCCCC2)C1CCl. The molecule has 100 valence electrons. The second-order valence-corrected chi connectivity index (χ2v) is 7.88. The molecule has 5 heteroatoms. The first-order chi connectivity index (χ1) is 8.07. The van der Waals surface area contributed by atoms with Crippen LogP contribution in [0.5, 0.6) is 0 Å². The maximum atomic E-state index is 12.6. The fourth-order valence-corrected chi connectivity index (χ4v) is 5.96. The van der Waals surface area contributed by atoms with Gasteiger partial charge in [-0.1, -0.05) is 26.2 Å². The summed E-state index contributed by atoms with van der Waals surface area (Å²) < 4.78 is 26.8. The molecule has 2 fully saturated rings. The van der Waals surface area contributed by atoms with Crippen molar-refractivity contribution >= 4 is 21.6 Å². The molecule has 1 aliphatic heterocycles. The van der Waals surface area contributed by atoms with Crippen molar-refractivity contribution in [2.45, 2.75) is 56.7 Å². The van der Waals surface area contributed by atoms with Crippen LogP contribution in [0, 0.1) is 5.92 Å². The highest BCUT2D eigenvalue weighted by atomic mass is 35.5. The summed E-state index contributed by atoms with van der Waals surface area (Å²) in [6.07, 6.45) is 5.91. The molecule has 2 rings (SSSR count). The monoisotopic (exact) mass is 279 g/mol. The number of rotatable bonds is 3. The van der Waals surface area contributed by atoms with Gasteiger partial charge < -0.3 is 0 Å². The van der Waals surface area contributed by atoms with E-state index in [9.17, 15) is 8.42 Å². The van der Waals surface area contributed by atoms with E-state index in [0.717, 1.165) is 32.1 Å². The molecule has 1 saturated heterocycles. The minimum atomic E-state index is -3.11. The first-order valence-corrected chi connectivity index (χ1v) is 8.67. The molecule has 2 unspecified atom stereocenters. The maximum Gasteiger partial charge on any atom is 0.217 e. The molecule has 1 heterocycles. The molecule has 0 radical (unpaired) electrons. The summed E-state index contributed by atoms with van der Waals surface area (Å²) in [6.45, 7) is 2.76. The fraction of sp³-hybridized carbons (Fsp3) is 1.00. The molecule has 2 atom stereocenters. The van der Waals surface area contributed by atoms with Crippen molar-refractivity contribution in [2.24, 2.45) is 5.92 Å². The largest absolute Gasteiger partial charge is 0.217 e. The van der Waals surface area contributed by atoms with Gasteiger partial charge in [-0.2, -0.15) is 4.31 Å².